The summed E-state index contributed by atoms with van der Waals surface area (Å²) in [6.45, 7) is 5.27. The Bertz CT molecular complexity index is 768. The number of halogens is 1. The second-order valence-electron chi connectivity index (χ2n) is 4.88. The van der Waals surface area contributed by atoms with Crippen LogP contribution in [0, 0.1) is 0 Å². The second kappa shape index (κ2) is 7.62. The zero-order valence-corrected chi connectivity index (χ0v) is 14.7. The fourth-order valence-electron chi connectivity index (χ4n) is 2.18. The maximum absolute atomic E-state index is 12.6. The Hall–Kier alpha value is -1.85. The summed E-state index contributed by atoms with van der Waals surface area (Å²) in [6.07, 6.45) is 0. The zero-order valence-electron chi connectivity index (χ0n) is 13.1. The monoisotopic (exact) mass is 350 g/mol. The Morgan fingerprint density at radius 1 is 1.00 bits per heavy atom. The van der Waals surface area contributed by atoms with Crippen LogP contribution in [0.3, 0.4) is 0 Å². The highest BCUT2D eigenvalue weighted by molar-refractivity contribution is 7.90. The van der Waals surface area contributed by atoms with E-state index in [1.165, 1.54) is 12.1 Å². The van der Waals surface area contributed by atoms with Crippen molar-refractivity contribution in [2.75, 3.05) is 13.1 Å². The fraction of sp³-hybridized carbons (Fsp3) is 0.235. The lowest BCUT2D eigenvalue weighted by atomic mass is 10.2. The number of hydrogen-bond donors (Lipinski definition) is 0. The average Bonchev–Trinajstić information content (AvgIpc) is 2.56. The molecule has 2 aromatic carbocycles. The van der Waals surface area contributed by atoms with E-state index in [9.17, 15) is 8.42 Å². The first-order valence-corrected chi connectivity index (χ1v) is 9.20. The SMILES string of the molecule is CCN(CC)/C(=N\S(=O)(=O)c1ccc(Cl)cc1)c1ccccc1. The topological polar surface area (TPSA) is 49.7 Å². The first-order valence-electron chi connectivity index (χ1n) is 7.38. The van der Waals surface area contributed by atoms with Gasteiger partial charge in [-0.3, -0.25) is 0 Å². The van der Waals surface area contributed by atoms with Crippen molar-refractivity contribution in [1.29, 1.82) is 0 Å². The quantitative estimate of drug-likeness (QED) is 0.608. The summed E-state index contributed by atoms with van der Waals surface area (Å²) in [5.74, 6) is 0.450. The molecule has 23 heavy (non-hydrogen) atoms. The molecule has 0 aliphatic carbocycles. The van der Waals surface area contributed by atoms with Crippen LogP contribution in [-0.4, -0.2) is 32.2 Å². The molecule has 0 bridgehead atoms. The maximum Gasteiger partial charge on any atom is 0.284 e. The minimum absolute atomic E-state index is 0.127. The van der Waals surface area contributed by atoms with Crippen molar-refractivity contribution in [1.82, 2.24) is 4.90 Å². The molecule has 4 nitrogen and oxygen atoms in total. The van der Waals surface area contributed by atoms with Gasteiger partial charge < -0.3 is 4.90 Å². The highest BCUT2D eigenvalue weighted by Crippen LogP contribution is 2.18. The third-order valence-corrected chi connectivity index (χ3v) is 4.95. The predicted octanol–water partition coefficient (Wildman–Crippen LogP) is 3.82. The lowest BCUT2D eigenvalue weighted by Crippen LogP contribution is -2.32. The highest BCUT2D eigenvalue weighted by Gasteiger charge is 2.18. The number of nitrogens with zero attached hydrogens (tertiary/aromatic N) is 2. The van der Waals surface area contributed by atoms with Crippen LogP contribution in [0.4, 0.5) is 0 Å². The van der Waals surface area contributed by atoms with Gasteiger partial charge in [0, 0.05) is 23.7 Å². The molecule has 0 aromatic heterocycles. The van der Waals surface area contributed by atoms with E-state index in [0.29, 0.717) is 23.9 Å². The van der Waals surface area contributed by atoms with Crippen LogP contribution in [0.2, 0.25) is 5.02 Å². The van der Waals surface area contributed by atoms with Crippen LogP contribution < -0.4 is 0 Å². The largest absolute Gasteiger partial charge is 0.356 e. The number of sulfonamides is 1. The van der Waals surface area contributed by atoms with Gasteiger partial charge in [-0.2, -0.15) is 8.42 Å². The van der Waals surface area contributed by atoms with Gasteiger partial charge in [0.25, 0.3) is 10.0 Å². The van der Waals surface area contributed by atoms with Crippen molar-refractivity contribution in [3.8, 4) is 0 Å². The Balaban J connectivity index is 2.53. The number of hydrogen-bond acceptors (Lipinski definition) is 2. The van der Waals surface area contributed by atoms with Crippen molar-refractivity contribution in [3.05, 3.63) is 65.2 Å². The molecule has 0 saturated heterocycles. The van der Waals surface area contributed by atoms with E-state index in [-0.39, 0.29) is 4.90 Å². The fourth-order valence-corrected chi connectivity index (χ4v) is 3.34. The van der Waals surface area contributed by atoms with Gasteiger partial charge in [-0.15, -0.1) is 4.40 Å². The molecule has 0 atom stereocenters. The van der Waals surface area contributed by atoms with Crippen LogP contribution in [-0.2, 0) is 10.0 Å². The summed E-state index contributed by atoms with van der Waals surface area (Å²) < 4.78 is 29.3. The third-order valence-electron chi connectivity index (χ3n) is 3.41. The van der Waals surface area contributed by atoms with Crippen molar-refractivity contribution in [3.63, 3.8) is 0 Å². The molecular weight excluding hydrogens is 332 g/mol. The van der Waals surface area contributed by atoms with Crippen molar-refractivity contribution < 1.29 is 8.42 Å². The van der Waals surface area contributed by atoms with Gasteiger partial charge >= 0.3 is 0 Å². The van der Waals surface area contributed by atoms with E-state index in [1.54, 1.807) is 12.1 Å². The molecule has 0 aliphatic heterocycles. The molecule has 0 heterocycles. The zero-order chi connectivity index (χ0) is 16.9. The summed E-state index contributed by atoms with van der Waals surface area (Å²) in [4.78, 5) is 2.05. The molecule has 0 unspecified atom stereocenters. The maximum atomic E-state index is 12.6. The standard InChI is InChI=1S/C17H19ClN2O2S/c1-3-20(4-2)17(14-8-6-5-7-9-14)19-23(21,22)16-12-10-15(18)11-13-16/h5-13H,3-4H2,1-2H3/b19-17-. The molecule has 0 fully saturated rings. The molecule has 0 aliphatic rings. The minimum Gasteiger partial charge on any atom is -0.356 e. The number of benzene rings is 2. The van der Waals surface area contributed by atoms with E-state index in [4.69, 9.17) is 11.6 Å². The van der Waals surface area contributed by atoms with Crippen molar-refractivity contribution in [2.24, 2.45) is 4.40 Å². The van der Waals surface area contributed by atoms with E-state index >= 15 is 0 Å². The van der Waals surface area contributed by atoms with Crippen LogP contribution in [0.5, 0.6) is 0 Å². The van der Waals surface area contributed by atoms with Crippen molar-refractivity contribution in [2.45, 2.75) is 18.7 Å². The van der Waals surface area contributed by atoms with Gasteiger partial charge in [-0.25, -0.2) is 0 Å². The van der Waals surface area contributed by atoms with E-state index in [2.05, 4.69) is 4.40 Å². The normalized spacial score (nSPS) is 12.2. The van der Waals surface area contributed by atoms with E-state index < -0.39 is 10.0 Å². The average molecular weight is 351 g/mol. The second-order valence-corrected chi connectivity index (χ2v) is 6.92. The van der Waals surface area contributed by atoms with Gasteiger partial charge in [-0.05, 0) is 38.1 Å². The summed E-state index contributed by atoms with van der Waals surface area (Å²) in [6, 6.07) is 15.3. The van der Waals surface area contributed by atoms with Gasteiger partial charge in [0.05, 0.1) is 4.90 Å². The molecule has 0 amide bonds. The molecule has 0 spiro atoms. The summed E-state index contributed by atoms with van der Waals surface area (Å²) in [7, 11) is -3.80. The lowest BCUT2D eigenvalue weighted by molar-refractivity contribution is 0.467. The Labute approximate surface area is 142 Å². The van der Waals surface area contributed by atoms with Gasteiger partial charge in [0.2, 0.25) is 0 Å². The van der Waals surface area contributed by atoms with Crippen LogP contribution in [0.25, 0.3) is 0 Å². The predicted molar refractivity (Wildman–Crippen MR) is 94.5 cm³/mol. The first kappa shape index (κ1) is 17.5. The minimum atomic E-state index is -3.80. The molecule has 0 N–H and O–H groups in total. The Morgan fingerprint density at radius 2 is 1.57 bits per heavy atom. The van der Waals surface area contributed by atoms with Gasteiger partial charge in [0.15, 0.2) is 0 Å². The van der Waals surface area contributed by atoms with Crippen LogP contribution >= 0.6 is 11.6 Å². The van der Waals surface area contributed by atoms with E-state index in [0.717, 1.165) is 5.56 Å². The van der Waals surface area contributed by atoms with Gasteiger partial charge in [-0.1, -0.05) is 41.9 Å². The van der Waals surface area contributed by atoms with Crippen LogP contribution in [0.1, 0.15) is 19.4 Å². The van der Waals surface area contributed by atoms with E-state index in [1.807, 2.05) is 49.1 Å². The smallest absolute Gasteiger partial charge is 0.284 e. The van der Waals surface area contributed by atoms with Gasteiger partial charge in [0.1, 0.15) is 5.84 Å². The Morgan fingerprint density at radius 3 is 2.09 bits per heavy atom. The summed E-state index contributed by atoms with van der Waals surface area (Å²) in [5, 5.41) is 0.486. The molecular formula is C17H19ClN2O2S. The first-order chi connectivity index (χ1) is 11.0. The molecule has 122 valence electrons. The number of rotatable bonds is 5. The van der Waals surface area contributed by atoms with Crippen molar-refractivity contribution >= 4 is 27.5 Å². The number of amidine groups is 1. The molecule has 0 saturated carbocycles. The molecule has 2 aromatic rings. The van der Waals surface area contributed by atoms with Crippen LogP contribution in [0.15, 0.2) is 63.9 Å². The molecule has 0 radical (unpaired) electrons. The third kappa shape index (κ3) is 4.33. The summed E-state index contributed by atoms with van der Waals surface area (Å²) >= 11 is 5.82. The molecule has 6 heteroatoms. The lowest BCUT2D eigenvalue weighted by Gasteiger charge is -2.23. The summed E-state index contributed by atoms with van der Waals surface area (Å²) in [5.41, 5.74) is 0.772. The Kier molecular flexibility index (Phi) is 5.80. The highest BCUT2D eigenvalue weighted by atomic mass is 35.5. The molecule has 2 rings (SSSR count).